The predicted molar refractivity (Wildman–Crippen MR) is 109 cm³/mol. The van der Waals surface area contributed by atoms with Gasteiger partial charge < -0.3 is 9.73 Å². The summed E-state index contributed by atoms with van der Waals surface area (Å²) in [7, 11) is 0. The lowest BCUT2D eigenvalue weighted by molar-refractivity contribution is -0.113. The van der Waals surface area contributed by atoms with Crippen LogP contribution in [0.4, 0.5) is 10.1 Å². The molecule has 0 saturated carbocycles. The van der Waals surface area contributed by atoms with Gasteiger partial charge in [-0.15, -0.1) is 10.2 Å². The second-order valence-corrected chi connectivity index (χ2v) is 8.45. The van der Waals surface area contributed by atoms with E-state index < -0.39 is 5.82 Å². The molecule has 0 aliphatic rings. The van der Waals surface area contributed by atoms with E-state index in [1.54, 1.807) is 19.1 Å². The predicted octanol–water partition coefficient (Wildman–Crippen LogP) is 5.21. The minimum Gasteiger partial charge on any atom is -0.411 e. The molecule has 0 saturated heterocycles. The molecule has 3 rings (SSSR count). The number of rotatable bonds is 5. The largest absolute Gasteiger partial charge is 0.411 e. The highest BCUT2D eigenvalue weighted by Gasteiger charge is 2.15. The molecular formula is C21H22FN3O2S. The third kappa shape index (κ3) is 4.98. The SMILES string of the molecule is Cc1ccc(NC(=O)CSc2nnc(-c3ccc(C(C)(C)C)cc3)o2)c(F)c1. The standard InChI is InChI=1S/C21H22FN3O2S/c1-13-5-10-17(16(22)11-13)23-18(26)12-28-20-25-24-19(27-20)14-6-8-15(9-7-14)21(2,3)4/h5-11H,12H2,1-4H3,(H,23,26). The summed E-state index contributed by atoms with van der Waals surface area (Å²) < 4.78 is 19.4. The molecule has 0 aliphatic heterocycles. The van der Waals surface area contributed by atoms with Crippen LogP contribution in [0.3, 0.4) is 0 Å². The summed E-state index contributed by atoms with van der Waals surface area (Å²) in [5, 5.41) is 10.8. The van der Waals surface area contributed by atoms with Crippen LogP contribution in [0.15, 0.2) is 52.1 Å². The van der Waals surface area contributed by atoms with E-state index >= 15 is 0 Å². The first-order valence-corrected chi connectivity index (χ1v) is 9.84. The van der Waals surface area contributed by atoms with E-state index in [-0.39, 0.29) is 28.0 Å². The lowest BCUT2D eigenvalue weighted by atomic mass is 9.87. The molecule has 0 atom stereocenters. The summed E-state index contributed by atoms with van der Waals surface area (Å²) in [5.41, 5.74) is 3.04. The smallest absolute Gasteiger partial charge is 0.277 e. The minimum atomic E-state index is -0.461. The van der Waals surface area contributed by atoms with Crippen molar-refractivity contribution in [2.75, 3.05) is 11.1 Å². The molecule has 5 nitrogen and oxygen atoms in total. The van der Waals surface area contributed by atoms with Crippen molar-refractivity contribution in [3.63, 3.8) is 0 Å². The molecule has 1 heterocycles. The summed E-state index contributed by atoms with van der Waals surface area (Å²) in [4.78, 5) is 12.0. The molecular weight excluding hydrogens is 377 g/mol. The fraction of sp³-hybridized carbons (Fsp3) is 0.286. The van der Waals surface area contributed by atoms with Crippen LogP contribution in [0.2, 0.25) is 0 Å². The molecule has 0 spiro atoms. The van der Waals surface area contributed by atoms with Gasteiger partial charge >= 0.3 is 0 Å². The van der Waals surface area contributed by atoms with Crippen LogP contribution in [0.1, 0.15) is 31.9 Å². The zero-order chi connectivity index (χ0) is 20.3. The molecule has 146 valence electrons. The topological polar surface area (TPSA) is 68.0 Å². The highest BCUT2D eigenvalue weighted by atomic mass is 32.2. The first kappa shape index (κ1) is 20.1. The van der Waals surface area contributed by atoms with Crippen LogP contribution in [0, 0.1) is 12.7 Å². The fourth-order valence-corrected chi connectivity index (χ4v) is 3.10. The maximum absolute atomic E-state index is 13.8. The number of aromatic nitrogens is 2. The number of anilines is 1. The highest BCUT2D eigenvalue weighted by molar-refractivity contribution is 7.99. The number of carbonyl (C=O) groups excluding carboxylic acids is 1. The van der Waals surface area contributed by atoms with Crippen LogP contribution >= 0.6 is 11.8 Å². The Balaban J connectivity index is 1.59. The number of benzene rings is 2. The van der Waals surface area contributed by atoms with Gasteiger partial charge in [0.05, 0.1) is 11.4 Å². The molecule has 1 amide bonds. The number of hydrogen-bond acceptors (Lipinski definition) is 5. The maximum Gasteiger partial charge on any atom is 0.277 e. The van der Waals surface area contributed by atoms with E-state index in [0.29, 0.717) is 5.89 Å². The Kier molecular flexibility index (Phi) is 5.84. The van der Waals surface area contributed by atoms with Gasteiger partial charge in [0, 0.05) is 5.56 Å². The van der Waals surface area contributed by atoms with E-state index in [2.05, 4.69) is 36.3 Å². The molecule has 28 heavy (non-hydrogen) atoms. The molecule has 0 radical (unpaired) electrons. The fourth-order valence-electron chi connectivity index (χ4n) is 2.53. The maximum atomic E-state index is 13.8. The number of nitrogens with zero attached hydrogens (tertiary/aromatic N) is 2. The van der Waals surface area contributed by atoms with Gasteiger partial charge in [-0.25, -0.2) is 4.39 Å². The van der Waals surface area contributed by atoms with Crippen LogP contribution in [0.25, 0.3) is 11.5 Å². The van der Waals surface area contributed by atoms with Crippen LogP contribution in [0.5, 0.6) is 0 Å². The molecule has 2 aromatic carbocycles. The van der Waals surface area contributed by atoms with Crippen LogP contribution in [-0.2, 0) is 10.2 Å². The van der Waals surface area contributed by atoms with E-state index in [1.165, 1.54) is 11.6 Å². The van der Waals surface area contributed by atoms with E-state index in [1.807, 2.05) is 24.3 Å². The number of halogens is 1. The van der Waals surface area contributed by atoms with Crippen molar-refractivity contribution >= 4 is 23.4 Å². The summed E-state index contributed by atoms with van der Waals surface area (Å²) in [6, 6.07) is 12.6. The van der Waals surface area contributed by atoms with Crippen molar-refractivity contribution in [2.24, 2.45) is 0 Å². The Morgan fingerprint density at radius 2 is 1.86 bits per heavy atom. The quantitative estimate of drug-likeness (QED) is 0.596. The molecule has 1 N–H and O–H groups in total. The third-order valence-electron chi connectivity index (χ3n) is 4.13. The second kappa shape index (κ2) is 8.14. The summed E-state index contributed by atoms with van der Waals surface area (Å²) in [5.74, 6) is -0.370. The summed E-state index contributed by atoms with van der Waals surface area (Å²) >= 11 is 1.10. The zero-order valence-corrected chi connectivity index (χ0v) is 17.1. The van der Waals surface area contributed by atoms with E-state index in [4.69, 9.17) is 4.42 Å². The van der Waals surface area contributed by atoms with Crippen molar-refractivity contribution in [1.29, 1.82) is 0 Å². The van der Waals surface area contributed by atoms with Gasteiger partial charge in [0.1, 0.15) is 5.82 Å². The monoisotopic (exact) mass is 399 g/mol. The van der Waals surface area contributed by atoms with E-state index in [9.17, 15) is 9.18 Å². The third-order valence-corrected chi connectivity index (χ3v) is 4.95. The van der Waals surface area contributed by atoms with Gasteiger partial charge in [-0.1, -0.05) is 50.7 Å². The van der Waals surface area contributed by atoms with Gasteiger partial charge in [0.25, 0.3) is 5.22 Å². The number of thioether (sulfide) groups is 1. The van der Waals surface area contributed by atoms with Crippen molar-refractivity contribution in [3.8, 4) is 11.5 Å². The van der Waals surface area contributed by atoms with Gasteiger partial charge in [-0.2, -0.15) is 0 Å². The van der Waals surface area contributed by atoms with Crippen molar-refractivity contribution in [1.82, 2.24) is 10.2 Å². The van der Waals surface area contributed by atoms with E-state index in [0.717, 1.165) is 22.9 Å². The Morgan fingerprint density at radius 3 is 2.50 bits per heavy atom. The molecule has 1 aromatic heterocycles. The zero-order valence-electron chi connectivity index (χ0n) is 16.2. The number of hydrogen-bond donors (Lipinski definition) is 1. The van der Waals surface area contributed by atoms with Gasteiger partial charge in [-0.05, 0) is 47.7 Å². The van der Waals surface area contributed by atoms with Gasteiger partial charge in [0.15, 0.2) is 0 Å². The van der Waals surface area contributed by atoms with Crippen molar-refractivity contribution < 1.29 is 13.6 Å². The van der Waals surface area contributed by atoms with Crippen LogP contribution < -0.4 is 5.32 Å². The molecule has 0 fully saturated rings. The Hall–Kier alpha value is -2.67. The lowest BCUT2D eigenvalue weighted by Crippen LogP contribution is -2.15. The first-order valence-electron chi connectivity index (χ1n) is 8.85. The summed E-state index contributed by atoms with van der Waals surface area (Å²) in [6.45, 7) is 8.24. The Bertz CT molecular complexity index is 978. The molecule has 0 bridgehead atoms. The summed E-state index contributed by atoms with van der Waals surface area (Å²) in [6.07, 6.45) is 0. The number of nitrogens with one attached hydrogen (secondary N) is 1. The molecule has 0 unspecified atom stereocenters. The minimum absolute atomic E-state index is 0.0396. The average molecular weight is 399 g/mol. The van der Waals surface area contributed by atoms with Crippen molar-refractivity contribution in [2.45, 2.75) is 38.3 Å². The second-order valence-electron chi connectivity index (χ2n) is 7.52. The van der Waals surface area contributed by atoms with Gasteiger partial charge in [-0.3, -0.25) is 4.79 Å². The molecule has 7 heteroatoms. The number of carbonyl (C=O) groups is 1. The first-order chi connectivity index (χ1) is 13.2. The normalized spacial score (nSPS) is 11.5. The Morgan fingerprint density at radius 1 is 1.14 bits per heavy atom. The Labute approximate surface area is 167 Å². The van der Waals surface area contributed by atoms with Crippen molar-refractivity contribution in [3.05, 3.63) is 59.4 Å². The lowest BCUT2D eigenvalue weighted by Gasteiger charge is -2.18. The number of aryl methyl sites for hydroxylation is 1. The molecule has 3 aromatic rings. The number of amides is 1. The van der Waals surface area contributed by atoms with Gasteiger partial charge in [0.2, 0.25) is 11.8 Å². The molecule has 0 aliphatic carbocycles. The average Bonchev–Trinajstić information content (AvgIpc) is 3.11. The van der Waals surface area contributed by atoms with Crippen LogP contribution in [-0.4, -0.2) is 21.9 Å². The highest BCUT2D eigenvalue weighted by Crippen LogP contribution is 2.27.